The first-order chi connectivity index (χ1) is 62.7. The second kappa shape index (κ2) is 33.8. The molecule has 0 aliphatic rings. The molecule has 8 aromatic heterocycles. The Labute approximate surface area is 770 Å². The van der Waals surface area contributed by atoms with Crippen molar-refractivity contribution in [3.8, 4) is 17.1 Å². The maximum absolute atomic E-state index is 6.39. The first kappa shape index (κ1) is 79.5. The van der Waals surface area contributed by atoms with Crippen molar-refractivity contribution < 1.29 is 13.3 Å². The minimum absolute atomic E-state index is 0. The summed E-state index contributed by atoms with van der Waals surface area (Å²) >= 11 is 6.72. The van der Waals surface area contributed by atoms with E-state index in [1.54, 1.807) is 0 Å². The fraction of sp³-hybridized carbons (Fsp3) is 0.00870. The van der Waals surface area contributed by atoms with Gasteiger partial charge >= 0.3 is 350 Å². The fourth-order valence-electron chi connectivity index (χ4n) is 18.4. The minimum Gasteiger partial charge on any atom is -0.456 e. The molecule has 0 bridgehead atoms. The van der Waals surface area contributed by atoms with E-state index in [-0.39, 0.29) is 7.43 Å². The molecule has 19 aromatic carbocycles. The molecule has 0 fully saturated rings. The van der Waals surface area contributed by atoms with Crippen molar-refractivity contribution in [2.75, 3.05) is 16.0 Å². The van der Waals surface area contributed by atoms with Gasteiger partial charge in [-0.05, 0) is 132 Å². The number of aromatic nitrogens is 3. The van der Waals surface area contributed by atoms with Crippen molar-refractivity contribution in [1.82, 2.24) is 13.7 Å². The Morgan fingerprint density at radius 2 is 0.633 bits per heavy atom. The van der Waals surface area contributed by atoms with Gasteiger partial charge in [-0.1, -0.05) is 147 Å². The third kappa shape index (κ3) is 14.3. The van der Waals surface area contributed by atoms with Crippen LogP contribution >= 0.6 is 38.5 Å². The van der Waals surface area contributed by atoms with E-state index in [2.05, 4.69) is 420 Å². The average molecular weight is 1960 g/mol. The molecular formula is C115H78BrIN6O3Se2. The third-order valence-corrected chi connectivity index (χ3v) is 30.0. The smallest absolute Gasteiger partial charge is 0.456 e. The summed E-state index contributed by atoms with van der Waals surface area (Å²) in [5.41, 5.74) is 28.3. The van der Waals surface area contributed by atoms with Crippen molar-refractivity contribution >= 4 is 271 Å². The van der Waals surface area contributed by atoms with Gasteiger partial charge in [-0.15, -0.1) is 0 Å². The summed E-state index contributed by atoms with van der Waals surface area (Å²) in [6.07, 6.45) is 0. The molecule has 27 rings (SSSR count). The standard InChI is InChI=1S/C42H26N2OSe.C30H20N2O.C18H12IN.C12H7BrSe.C12H9NO.CH4/c1-2-11-27(12-3-1)44-35-16-7-4-13-30(35)33-25-28(21-23-36(33)44)43(29-22-24-41-34(26-29)31-14-6-9-20-40(31)46-41)37-17-10-19-39-42(37)32-15-5-8-18-38(32)45-39;1-2-9-21(10-3-1)32-26-14-6-4-11-22(26)24-19-20(17-18-27(24)32)31-25-13-8-16-29-30(25)23-12-5-7-15-28(23)33-29;19-13-10-11-18-16(12-13)15-8-4-5-9-17(15)20(18)14-6-2-1-3-7-14;13-8-5-6-12-10(7-8)9-3-1-2-4-11(9)14-12;13-9-5-3-7-11-12(9)8-4-1-2-6-10(8)14-11;/h1-26H;1-19,31H;1-12H;1-7H;1-7H,13H2;1H4. The summed E-state index contributed by atoms with van der Waals surface area (Å²) < 4.78 is 33.5. The van der Waals surface area contributed by atoms with E-state index in [9.17, 15) is 0 Å². The van der Waals surface area contributed by atoms with Gasteiger partial charge in [0.25, 0.3) is 0 Å². The first-order valence-corrected chi connectivity index (χ1v) is 47.5. The molecule has 9 nitrogen and oxygen atoms in total. The monoisotopic (exact) mass is 1960 g/mol. The summed E-state index contributed by atoms with van der Waals surface area (Å²) in [4.78, 5) is 2.42. The Kier molecular flexibility index (Phi) is 21.0. The van der Waals surface area contributed by atoms with Gasteiger partial charge in [-0.2, -0.15) is 0 Å². The Morgan fingerprint density at radius 3 is 1.17 bits per heavy atom. The van der Waals surface area contributed by atoms with Gasteiger partial charge in [-0.3, -0.25) is 0 Å². The van der Waals surface area contributed by atoms with Gasteiger partial charge in [0, 0.05) is 58.6 Å². The average Bonchev–Trinajstić information content (AvgIpc) is 1.56. The van der Waals surface area contributed by atoms with Crippen LogP contribution in [0.4, 0.5) is 34.1 Å². The molecule has 8 heterocycles. The number of nitrogens with two attached hydrogens (primary N) is 1. The van der Waals surface area contributed by atoms with Crippen LogP contribution in [0.1, 0.15) is 7.43 Å². The van der Waals surface area contributed by atoms with Gasteiger partial charge in [0.1, 0.15) is 22.3 Å². The molecule has 0 saturated heterocycles. The number of halogens is 2. The van der Waals surface area contributed by atoms with E-state index in [0.717, 1.165) is 106 Å². The molecule has 0 aliphatic carbocycles. The van der Waals surface area contributed by atoms with Crippen molar-refractivity contribution in [3.63, 3.8) is 0 Å². The predicted octanol–water partition coefficient (Wildman–Crippen LogP) is 32.9. The number of anilines is 6. The molecule has 0 saturated carbocycles. The van der Waals surface area contributed by atoms with E-state index >= 15 is 0 Å². The van der Waals surface area contributed by atoms with Crippen LogP contribution < -0.4 is 16.0 Å². The van der Waals surface area contributed by atoms with Gasteiger partial charge < -0.3 is 29.0 Å². The van der Waals surface area contributed by atoms with E-state index in [1.807, 2.05) is 72.8 Å². The third-order valence-electron chi connectivity index (χ3n) is 24.0. The summed E-state index contributed by atoms with van der Waals surface area (Å²) in [6, 6.07) is 152. The zero-order valence-electron chi connectivity index (χ0n) is 68.2. The molecule has 0 spiro atoms. The molecule has 0 aliphatic heterocycles. The van der Waals surface area contributed by atoms with E-state index in [0.29, 0.717) is 29.0 Å². The van der Waals surface area contributed by atoms with Crippen LogP contribution in [0.2, 0.25) is 0 Å². The van der Waals surface area contributed by atoms with Crippen LogP contribution in [0.3, 0.4) is 0 Å². The first-order valence-electron chi connectivity index (χ1n) is 42.2. The Morgan fingerprint density at radius 1 is 0.273 bits per heavy atom. The van der Waals surface area contributed by atoms with Crippen LogP contribution in [0.25, 0.3) is 187 Å². The van der Waals surface area contributed by atoms with Crippen LogP contribution in [-0.4, -0.2) is 42.7 Å². The Bertz CT molecular complexity index is 8910. The molecule has 27 aromatic rings. The molecule has 0 atom stereocenters. The van der Waals surface area contributed by atoms with Crippen molar-refractivity contribution in [3.05, 3.63) is 439 Å². The zero-order valence-corrected chi connectivity index (χ0v) is 75.3. The SMILES string of the molecule is Brc1ccc2[se]c3ccccc3c2c1.C.Ic1ccc2c(c1)c1ccccc1n2-c1ccccc1.Nc1cccc2oc3ccccc3c12.c1ccc(-n2c3ccccc3c3cc(N(c4ccc5[se]c6ccccc6c5c4)c4cccc5oc6ccccc6c45)ccc32)cc1.c1ccc(-n2c3ccccc3c3cc(Nc4cccc5oc6ccccc6c45)ccc32)cc1. The fourth-order valence-corrected chi connectivity index (χ4v) is 23.8. The van der Waals surface area contributed by atoms with E-state index in [1.165, 1.54) is 123 Å². The van der Waals surface area contributed by atoms with Crippen LogP contribution in [-0.2, 0) is 0 Å². The molecule has 0 radical (unpaired) electrons. The summed E-state index contributed by atoms with van der Waals surface area (Å²) in [6.45, 7) is 0. The number of nitrogens with zero attached hydrogens (tertiary/aromatic N) is 4. The number of para-hydroxylation sites is 9. The van der Waals surface area contributed by atoms with Crippen molar-refractivity contribution in [2.24, 2.45) is 0 Å². The second-order valence-corrected chi connectivity index (χ2v) is 38.2. The minimum atomic E-state index is 0. The number of hydrogen-bond donors (Lipinski definition) is 2. The predicted molar refractivity (Wildman–Crippen MR) is 557 cm³/mol. The number of benzene rings is 19. The van der Waals surface area contributed by atoms with Crippen molar-refractivity contribution in [2.45, 2.75) is 7.43 Å². The number of furan rings is 3. The summed E-state index contributed by atoms with van der Waals surface area (Å²) in [7, 11) is 0. The molecule has 13 heteroatoms. The number of rotatable bonds is 8. The number of nitrogen functional groups attached to an aromatic ring is 1. The molecular weight excluding hydrogens is 1880 g/mol. The zero-order chi connectivity index (χ0) is 84.6. The van der Waals surface area contributed by atoms with Gasteiger partial charge in [0.05, 0.1) is 38.5 Å². The summed E-state index contributed by atoms with van der Waals surface area (Å²) in [5.74, 6) is 0. The van der Waals surface area contributed by atoms with Gasteiger partial charge in [0.15, 0.2) is 0 Å². The Hall–Kier alpha value is -14.4. The quantitative estimate of drug-likeness (QED) is 0.0894. The second-order valence-electron chi connectivity index (χ2n) is 31.5. The number of fused-ring (bicyclic) bond motifs is 24. The van der Waals surface area contributed by atoms with Gasteiger partial charge in [-0.25, -0.2) is 0 Å². The maximum atomic E-state index is 6.39. The van der Waals surface area contributed by atoms with Crippen LogP contribution in [0.15, 0.2) is 448 Å². The number of nitrogens with one attached hydrogen (secondary N) is 1. The molecule has 0 amide bonds. The topological polar surface area (TPSA) is 95.5 Å². The molecule has 128 heavy (non-hydrogen) atoms. The van der Waals surface area contributed by atoms with E-state index < -0.39 is 0 Å². The van der Waals surface area contributed by atoms with E-state index in [4.69, 9.17) is 19.0 Å². The molecule has 612 valence electrons. The normalized spacial score (nSPS) is 11.5. The Balaban J connectivity index is 0.000000102. The molecule has 0 unspecified atom stereocenters. The van der Waals surface area contributed by atoms with Crippen LogP contribution in [0, 0.1) is 3.57 Å². The summed E-state index contributed by atoms with van der Waals surface area (Å²) in [5, 5.41) is 23.3. The van der Waals surface area contributed by atoms with Crippen LogP contribution in [0.5, 0.6) is 0 Å². The van der Waals surface area contributed by atoms with Crippen molar-refractivity contribution in [1.29, 1.82) is 0 Å². The number of hydrogen-bond acceptors (Lipinski definition) is 6. The molecule has 3 N–H and O–H groups in total. The van der Waals surface area contributed by atoms with Gasteiger partial charge in [0.2, 0.25) is 0 Å².